The number of amides is 1. The molecule has 0 saturated carbocycles. The zero-order valence-electron chi connectivity index (χ0n) is 19.7. The summed E-state index contributed by atoms with van der Waals surface area (Å²) in [6, 6.07) is 2.92. The molecule has 0 bridgehead atoms. The van der Waals surface area contributed by atoms with Crippen LogP contribution in [0.15, 0.2) is 36.9 Å². The first-order valence-electron chi connectivity index (χ1n) is 11.5. The minimum Gasteiger partial charge on any atom is -0.476 e. The van der Waals surface area contributed by atoms with Gasteiger partial charge in [0.15, 0.2) is 11.5 Å². The second-order valence-corrected chi connectivity index (χ2v) is 8.90. The summed E-state index contributed by atoms with van der Waals surface area (Å²) in [6.45, 7) is 5.91. The number of nitrogen functional groups attached to an aromatic ring is 1. The van der Waals surface area contributed by atoms with Gasteiger partial charge in [0.2, 0.25) is 5.88 Å². The maximum absolute atomic E-state index is 14.8. The van der Waals surface area contributed by atoms with Crippen LogP contribution in [0.25, 0.3) is 11.4 Å². The Bertz CT molecular complexity index is 1210. The summed E-state index contributed by atoms with van der Waals surface area (Å²) in [7, 11) is 0. The van der Waals surface area contributed by atoms with Crippen LogP contribution in [-0.4, -0.2) is 51.6 Å². The van der Waals surface area contributed by atoms with E-state index < -0.39 is 11.7 Å². The Labute approximate surface area is 202 Å². The monoisotopic (exact) mass is 480 g/mol. The molecular formula is C24H29FN8O2. The highest BCUT2D eigenvalue weighted by atomic mass is 19.1. The SMILES string of the molecule is CC(C)COc1cncc(-c2nc(C(=O)Nc3cnccc3N3CCC[C@H](N)C3)c(N)cc2F)n1. The quantitative estimate of drug-likeness (QED) is 0.465. The molecule has 3 aromatic heterocycles. The van der Waals surface area contributed by atoms with Crippen LogP contribution in [-0.2, 0) is 0 Å². The summed E-state index contributed by atoms with van der Waals surface area (Å²) < 4.78 is 20.4. The van der Waals surface area contributed by atoms with Crippen LogP contribution in [0.1, 0.15) is 37.2 Å². The molecule has 35 heavy (non-hydrogen) atoms. The lowest BCUT2D eigenvalue weighted by Gasteiger charge is -2.33. The molecule has 0 radical (unpaired) electrons. The van der Waals surface area contributed by atoms with Gasteiger partial charge in [0.1, 0.15) is 11.4 Å². The first-order valence-corrected chi connectivity index (χ1v) is 11.5. The van der Waals surface area contributed by atoms with E-state index in [0.717, 1.165) is 31.1 Å². The van der Waals surface area contributed by atoms with Gasteiger partial charge in [-0.1, -0.05) is 13.8 Å². The molecule has 4 rings (SSSR count). The number of carbonyl (C=O) groups excluding carboxylic acids is 1. The van der Waals surface area contributed by atoms with Crippen LogP contribution in [0, 0.1) is 11.7 Å². The zero-order valence-corrected chi connectivity index (χ0v) is 19.7. The van der Waals surface area contributed by atoms with Gasteiger partial charge >= 0.3 is 0 Å². The van der Waals surface area contributed by atoms with Crippen molar-refractivity contribution in [3.8, 4) is 17.3 Å². The second-order valence-electron chi connectivity index (χ2n) is 8.90. The van der Waals surface area contributed by atoms with Crippen molar-refractivity contribution in [1.29, 1.82) is 0 Å². The van der Waals surface area contributed by atoms with E-state index in [2.05, 4.69) is 30.2 Å². The largest absolute Gasteiger partial charge is 0.476 e. The van der Waals surface area contributed by atoms with Crippen molar-refractivity contribution in [2.45, 2.75) is 32.7 Å². The Balaban J connectivity index is 1.61. The number of hydrogen-bond acceptors (Lipinski definition) is 9. The van der Waals surface area contributed by atoms with Crippen molar-refractivity contribution in [2.24, 2.45) is 11.7 Å². The van der Waals surface area contributed by atoms with Crippen LogP contribution in [0.5, 0.6) is 5.88 Å². The molecule has 1 atom stereocenters. The number of nitrogens with one attached hydrogen (secondary N) is 1. The first-order chi connectivity index (χ1) is 16.8. The Morgan fingerprint density at radius 2 is 2.11 bits per heavy atom. The van der Waals surface area contributed by atoms with E-state index in [4.69, 9.17) is 16.2 Å². The number of rotatable bonds is 7. The summed E-state index contributed by atoms with van der Waals surface area (Å²) in [5.41, 5.74) is 13.1. The van der Waals surface area contributed by atoms with Crippen molar-refractivity contribution in [3.63, 3.8) is 0 Å². The minimum atomic E-state index is -0.723. The van der Waals surface area contributed by atoms with Gasteiger partial charge in [-0.25, -0.2) is 14.4 Å². The molecule has 0 aromatic carbocycles. The molecule has 0 unspecified atom stereocenters. The van der Waals surface area contributed by atoms with Crippen molar-refractivity contribution < 1.29 is 13.9 Å². The lowest BCUT2D eigenvalue weighted by molar-refractivity contribution is 0.102. The topological polar surface area (TPSA) is 145 Å². The predicted molar refractivity (Wildman–Crippen MR) is 132 cm³/mol. The maximum Gasteiger partial charge on any atom is 0.276 e. The Kier molecular flexibility index (Phi) is 7.35. The van der Waals surface area contributed by atoms with Gasteiger partial charge in [0.05, 0.1) is 42.3 Å². The van der Waals surface area contributed by atoms with Crippen LogP contribution < -0.4 is 26.4 Å². The highest BCUT2D eigenvalue weighted by Gasteiger charge is 2.23. The first kappa shape index (κ1) is 24.3. The highest BCUT2D eigenvalue weighted by Crippen LogP contribution is 2.29. The van der Waals surface area contributed by atoms with Crippen molar-refractivity contribution in [1.82, 2.24) is 19.9 Å². The Hall–Kier alpha value is -3.86. The predicted octanol–water partition coefficient (Wildman–Crippen LogP) is 2.87. The summed E-state index contributed by atoms with van der Waals surface area (Å²) in [4.78, 5) is 32.0. The number of anilines is 3. The number of pyridine rings is 2. The number of hydrogen-bond donors (Lipinski definition) is 3. The van der Waals surface area contributed by atoms with Gasteiger partial charge in [0, 0.05) is 31.4 Å². The van der Waals surface area contributed by atoms with E-state index in [1.54, 1.807) is 12.4 Å². The minimum absolute atomic E-state index is 0.0545. The molecule has 1 aliphatic heterocycles. The second kappa shape index (κ2) is 10.6. The number of nitrogens with zero attached hydrogens (tertiary/aromatic N) is 5. The summed E-state index contributed by atoms with van der Waals surface area (Å²) in [5, 5.41) is 2.81. The smallest absolute Gasteiger partial charge is 0.276 e. The van der Waals surface area contributed by atoms with Crippen LogP contribution in [0.3, 0.4) is 0 Å². The lowest BCUT2D eigenvalue weighted by atomic mass is 10.1. The third kappa shape index (κ3) is 5.80. The van der Waals surface area contributed by atoms with Crippen molar-refractivity contribution >= 4 is 23.0 Å². The zero-order chi connectivity index (χ0) is 24.9. The number of carbonyl (C=O) groups is 1. The highest BCUT2D eigenvalue weighted by molar-refractivity contribution is 6.07. The summed E-state index contributed by atoms with van der Waals surface area (Å²) in [5.74, 6) is -0.807. The maximum atomic E-state index is 14.8. The van der Waals surface area contributed by atoms with Gasteiger partial charge in [-0.05, 0) is 24.8 Å². The molecular weight excluding hydrogens is 451 g/mol. The van der Waals surface area contributed by atoms with Crippen molar-refractivity contribution in [2.75, 3.05) is 35.6 Å². The fraction of sp³-hybridized carbons (Fsp3) is 0.375. The van der Waals surface area contributed by atoms with E-state index in [1.165, 1.54) is 12.4 Å². The van der Waals surface area contributed by atoms with E-state index in [0.29, 0.717) is 18.8 Å². The fourth-order valence-corrected chi connectivity index (χ4v) is 3.82. The normalized spacial score (nSPS) is 15.8. The van der Waals surface area contributed by atoms with Crippen molar-refractivity contribution in [3.05, 3.63) is 48.4 Å². The van der Waals surface area contributed by atoms with E-state index >= 15 is 0 Å². The van der Waals surface area contributed by atoms with E-state index in [-0.39, 0.29) is 40.6 Å². The molecule has 10 nitrogen and oxygen atoms in total. The van der Waals surface area contributed by atoms with E-state index in [1.807, 2.05) is 19.9 Å². The average Bonchev–Trinajstić information content (AvgIpc) is 2.83. The molecule has 0 spiro atoms. The average molecular weight is 481 g/mol. The molecule has 1 amide bonds. The summed E-state index contributed by atoms with van der Waals surface area (Å²) in [6.07, 6.45) is 7.90. The molecule has 3 aromatic rings. The van der Waals surface area contributed by atoms with Gasteiger partial charge in [-0.15, -0.1) is 0 Å². The molecule has 1 saturated heterocycles. The third-order valence-corrected chi connectivity index (χ3v) is 5.48. The molecule has 5 N–H and O–H groups in total. The van der Waals surface area contributed by atoms with Crippen LogP contribution in [0.2, 0.25) is 0 Å². The van der Waals surface area contributed by atoms with E-state index in [9.17, 15) is 9.18 Å². The van der Waals surface area contributed by atoms with Gasteiger partial charge in [0.25, 0.3) is 5.91 Å². The third-order valence-electron chi connectivity index (χ3n) is 5.48. The number of piperidine rings is 1. The molecule has 1 fully saturated rings. The summed E-state index contributed by atoms with van der Waals surface area (Å²) >= 11 is 0. The number of nitrogens with two attached hydrogens (primary N) is 2. The Morgan fingerprint density at radius 3 is 2.89 bits per heavy atom. The molecule has 0 aliphatic carbocycles. The lowest BCUT2D eigenvalue weighted by Crippen LogP contribution is -2.43. The van der Waals surface area contributed by atoms with Crippen LogP contribution in [0.4, 0.5) is 21.5 Å². The number of ether oxygens (including phenoxy) is 1. The Morgan fingerprint density at radius 1 is 1.29 bits per heavy atom. The van der Waals surface area contributed by atoms with Gasteiger partial charge < -0.3 is 26.4 Å². The van der Waals surface area contributed by atoms with Gasteiger partial charge in [-0.2, -0.15) is 0 Å². The van der Waals surface area contributed by atoms with Crippen LogP contribution >= 0.6 is 0 Å². The fourth-order valence-electron chi connectivity index (χ4n) is 3.82. The number of aromatic nitrogens is 4. The van der Waals surface area contributed by atoms with Gasteiger partial charge in [-0.3, -0.25) is 14.8 Å². The molecule has 11 heteroatoms. The number of halogens is 1. The standard InChI is InChI=1S/C24H29FN8O2/c1-14(2)13-35-21-11-29-10-19(30-21)22-16(25)8-17(27)23(32-22)24(34)31-18-9-28-6-5-20(18)33-7-3-4-15(26)12-33/h5-6,8-11,14-15H,3-4,7,12-13,26-27H2,1-2H3,(H,31,34)/t15-/m0/s1. The molecule has 4 heterocycles. The molecule has 184 valence electrons. The molecule has 1 aliphatic rings.